The number of carbonyl (C=O) groups is 1. The van der Waals surface area contributed by atoms with E-state index in [1.165, 1.54) is 15.6 Å². The average molecular weight is 403 g/mol. The molecule has 0 aliphatic carbocycles. The predicted molar refractivity (Wildman–Crippen MR) is 104 cm³/mol. The first-order valence-electron chi connectivity index (χ1n) is 8.60. The summed E-state index contributed by atoms with van der Waals surface area (Å²) in [5, 5.41) is 5.94. The Morgan fingerprint density at radius 3 is 2.63 bits per heavy atom. The molecule has 0 spiro atoms. The molecule has 1 amide bonds. The molecule has 3 aromatic rings. The van der Waals surface area contributed by atoms with Crippen LogP contribution in [0.4, 0.5) is 5.13 Å². The number of anilines is 1. The van der Waals surface area contributed by atoms with Crippen molar-refractivity contribution < 1.29 is 13.2 Å². The summed E-state index contributed by atoms with van der Waals surface area (Å²) in [7, 11) is -3.66. The molecule has 3 heterocycles. The number of carbonyl (C=O) groups excluding carboxylic acids is 1. The topological polar surface area (TPSA) is 92.3 Å². The summed E-state index contributed by atoms with van der Waals surface area (Å²) in [6.07, 6.45) is 4.19. The van der Waals surface area contributed by atoms with Gasteiger partial charge in [0.1, 0.15) is 4.90 Å². The number of rotatable bonds is 4. The van der Waals surface area contributed by atoms with Crippen LogP contribution in [0.15, 0.2) is 53.0 Å². The van der Waals surface area contributed by atoms with Gasteiger partial charge in [-0.2, -0.15) is 4.31 Å². The summed E-state index contributed by atoms with van der Waals surface area (Å²) in [6.45, 7) is 0.614. The lowest BCUT2D eigenvalue weighted by Crippen LogP contribution is -2.41. The monoisotopic (exact) mass is 402 g/mol. The second-order valence-corrected chi connectivity index (χ2v) is 9.14. The average Bonchev–Trinajstić information content (AvgIpc) is 3.20. The zero-order valence-electron chi connectivity index (χ0n) is 14.4. The van der Waals surface area contributed by atoms with Crippen LogP contribution in [0.5, 0.6) is 0 Å². The molecule has 1 aliphatic rings. The molecule has 2 aromatic heterocycles. The molecular formula is C18H18N4O3S2. The molecule has 1 fully saturated rings. The number of piperidine rings is 1. The molecule has 1 N–H and O–H groups in total. The second kappa shape index (κ2) is 7.34. The number of hydrogen-bond donors (Lipinski definition) is 1. The highest BCUT2D eigenvalue weighted by molar-refractivity contribution is 7.89. The van der Waals surface area contributed by atoms with E-state index in [1.807, 2.05) is 12.1 Å². The van der Waals surface area contributed by atoms with E-state index < -0.39 is 10.0 Å². The van der Waals surface area contributed by atoms with Gasteiger partial charge in [-0.1, -0.05) is 18.2 Å². The third kappa shape index (κ3) is 3.58. The van der Waals surface area contributed by atoms with Crippen molar-refractivity contribution in [3.63, 3.8) is 0 Å². The van der Waals surface area contributed by atoms with E-state index >= 15 is 0 Å². The lowest BCUT2D eigenvalue weighted by molar-refractivity contribution is -0.120. The van der Waals surface area contributed by atoms with Gasteiger partial charge in [-0.3, -0.25) is 9.78 Å². The van der Waals surface area contributed by atoms with Gasteiger partial charge >= 0.3 is 0 Å². The van der Waals surface area contributed by atoms with Crippen LogP contribution in [0, 0.1) is 5.92 Å². The Hall–Kier alpha value is -2.36. The maximum atomic E-state index is 13.1. The fraction of sp³-hybridized carbons (Fsp3) is 0.278. The normalized spacial score (nSPS) is 16.4. The van der Waals surface area contributed by atoms with Crippen molar-refractivity contribution in [2.75, 3.05) is 18.4 Å². The Kier molecular flexibility index (Phi) is 4.90. The second-order valence-electron chi connectivity index (χ2n) is 6.34. The van der Waals surface area contributed by atoms with Gasteiger partial charge in [-0.15, -0.1) is 11.3 Å². The van der Waals surface area contributed by atoms with E-state index in [1.54, 1.807) is 36.0 Å². The third-order valence-corrected chi connectivity index (χ3v) is 7.32. The van der Waals surface area contributed by atoms with Gasteiger partial charge in [-0.25, -0.2) is 13.4 Å². The number of sulfonamides is 1. The van der Waals surface area contributed by atoms with Crippen LogP contribution in [0.2, 0.25) is 0 Å². The van der Waals surface area contributed by atoms with E-state index in [9.17, 15) is 13.2 Å². The highest BCUT2D eigenvalue weighted by Gasteiger charge is 2.33. The van der Waals surface area contributed by atoms with Crippen molar-refractivity contribution in [1.82, 2.24) is 14.3 Å². The molecule has 9 heteroatoms. The Labute approximate surface area is 161 Å². The number of nitrogens with zero attached hydrogens (tertiary/aromatic N) is 3. The Bertz CT molecular complexity index is 1050. The zero-order chi connectivity index (χ0) is 18.9. The highest BCUT2D eigenvalue weighted by Crippen LogP contribution is 2.28. The van der Waals surface area contributed by atoms with Gasteiger partial charge in [0, 0.05) is 42.2 Å². The van der Waals surface area contributed by atoms with E-state index in [-0.39, 0.29) is 16.7 Å². The van der Waals surface area contributed by atoms with Gasteiger partial charge < -0.3 is 5.32 Å². The smallest absolute Gasteiger partial charge is 0.245 e. The lowest BCUT2D eigenvalue weighted by atomic mass is 9.97. The molecule has 4 rings (SSSR count). The molecule has 1 saturated heterocycles. The number of pyridine rings is 1. The molecule has 0 radical (unpaired) electrons. The molecule has 27 heavy (non-hydrogen) atoms. The van der Waals surface area contributed by atoms with Crippen molar-refractivity contribution in [2.45, 2.75) is 17.7 Å². The third-order valence-electron chi connectivity index (χ3n) is 4.70. The summed E-state index contributed by atoms with van der Waals surface area (Å²) in [6, 6.07) is 8.79. The van der Waals surface area contributed by atoms with E-state index in [0.29, 0.717) is 36.6 Å². The number of benzene rings is 1. The largest absolute Gasteiger partial charge is 0.302 e. The van der Waals surface area contributed by atoms with Crippen LogP contribution in [0.3, 0.4) is 0 Å². The molecule has 0 unspecified atom stereocenters. The minimum atomic E-state index is -3.66. The summed E-state index contributed by atoms with van der Waals surface area (Å²) >= 11 is 1.36. The van der Waals surface area contributed by atoms with Crippen LogP contribution in [-0.4, -0.2) is 41.7 Å². The zero-order valence-corrected chi connectivity index (χ0v) is 16.0. The standard InChI is InChI=1S/C18H18N4O3S2/c23-17(21-18-20-9-12-26-18)14-6-10-22(11-7-14)27(24,25)15-5-1-3-13-4-2-8-19-16(13)15/h1-5,8-9,12,14H,6-7,10-11H2,(H,20,21,23). The number of aromatic nitrogens is 2. The Morgan fingerprint density at radius 1 is 1.11 bits per heavy atom. The summed E-state index contributed by atoms with van der Waals surface area (Å²) in [5.74, 6) is -0.320. The van der Waals surface area contributed by atoms with E-state index in [0.717, 1.165) is 5.39 Å². The molecule has 0 atom stereocenters. The van der Waals surface area contributed by atoms with Crippen LogP contribution in [-0.2, 0) is 14.8 Å². The number of nitrogens with one attached hydrogen (secondary N) is 1. The molecule has 140 valence electrons. The Balaban J connectivity index is 1.49. The maximum absolute atomic E-state index is 13.1. The van der Waals surface area contributed by atoms with E-state index in [2.05, 4.69) is 15.3 Å². The van der Waals surface area contributed by atoms with Crippen LogP contribution in [0.25, 0.3) is 10.9 Å². The first kappa shape index (κ1) is 18.0. The van der Waals surface area contributed by atoms with Gasteiger partial charge in [-0.05, 0) is 25.0 Å². The van der Waals surface area contributed by atoms with Crippen LogP contribution < -0.4 is 5.32 Å². The minimum Gasteiger partial charge on any atom is -0.302 e. The first-order valence-corrected chi connectivity index (χ1v) is 10.9. The van der Waals surface area contributed by atoms with Crippen molar-refractivity contribution in [1.29, 1.82) is 0 Å². The lowest BCUT2D eigenvalue weighted by Gasteiger charge is -2.30. The van der Waals surface area contributed by atoms with Crippen LogP contribution >= 0.6 is 11.3 Å². The summed E-state index contributed by atoms with van der Waals surface area (Å²) in [5.41, 5.74) is 0.476. The molecular weight excluding hydrogens is 384 g/mol. The van der Waals surface area contributed by atoms with Crippen molar-refractivity contribution in [3.05, 3.63) is 48.1 Å². The molecule has 1 aliphatic heterocycles. The SMILES string of the molecule is O=C(Nc1nccs1)C1CCN(S(=O)(=O)c2cccc3cccnc23)CC1. The number of para-hydroxylation sites is 1. The number of amides is 1. The van der Waals surface area contributed by atoms with Gasteiger partial charge in [0.25, 0.3) is 0 Å². The fourth-order valence-electron chi connectivity index (χ4n) is 3.27. The quantitative estimate of drug-likeness (QED) is 0.724. The van der Waals surface area contributed by atoms with Crippen molar-refractivity contribution >= 4 is 43.3 Å². The molecule has 1 aromatic carbocycles. The Morgan fingerprint density at radius 2 is 1.89 bits per heavy atom. The molecule has 7 nitrogen and oxygen atoms in total. The first-order chi connectivity index (χ1) is 13.1. The highest BCUT2D eigenvalue weighted by atomic mass is 32.2. The number of fused-ring (bicyclic) bond motifs is 1. The van der Waals surface area contributed by atoms with Crippen LogP contribution in [0.1, 0.15) is 12.8 Å². The van der Waals surface area contributed by atoms with Crippen molar-refractivity contribution in [3.8, 4) is 0 Å². The van der Waals surface area contributed by atoms with E-state index in [4.69, 9.17) is 0 Å². The van der Waals surface area contributed by atoms with Gasteiger partial charge in [0.15, 0.2) is 5.13 Å². The number of hydrogen-bond acceptors (Lipinski definition) is 6. The molecule has 0 saturated carbocycles. The molecule has 0 bridgehead atoms. The number of thiazole rings is 1. The minimum absolute atomic E-state index is 0.103. The predicted octanol–water partition coefficient (Wildman–Crippen LogP) is 2.73. The maximum Gasteiger partial charge on any atom is 0.245 e. The van der Waals surface area contributed by atoms with Gasteiger partial charge in [0.05, 0.1) is 5.52 Å². The van der Waals surface area contributed by atoms with Gasteiger partial charge in [0.2, 0.25) is 15.9 Å². The van der Waals surface area contributed by atoms with Crippen molar-refractivity contribution in [2.24, 2.45) is 5.92 Å². The fourth-order valence-corrected chi connectivity index (χ4v) is 5.44. The summed E-state index contributed by atoms with van der Waals surface area (Å²) < 4.78 is 27.7. The summed E-state index contributed by atoms with van der Waals surface area (Å²) in [4.78, 5) is 20.9.